The average Bonchev–Trinajstić information content (AvgIpc) is 2.71. The summed E-state index contributed by atoms with van der Waals surface area (Å²) in [5.41, 5.74) is -0.633. The maximum Gasteiger partial charge on any atom is 0.0903 e. The Labute approximate surface area is 125 Å². The van der Waals surface area contributed by atoms with E-state index in [9.17, 15) is 0 Å². The van der Waals surface area contributed by atoms with Gasteiger partial charge in [0, 0.05) is 14.2 Å². The lowest BCUT2D eigenvalue weighted by atomic mass is 9.69. The second kappa shape index (κ2) is 6.93. The van der Waals surface area contributed by atoms with Crippen molar-refractivity contribution in [1.29, 1.82) is 0 Å². The first-order valence-electron chi connectivity index (χ1n) is 6.39. The van der Waals surface area contributed by atoms with Gasteiger partial charge in [-0.3, -0.25) is 0 Å². The van der Waals surface area contributed by atoms with Gasteiger partial charge in [0.1, 0.15) is 0 Å². The molecule has 3 atom stereocenters. The van der Waals surface area contributed by atoms with E-state index < -0.39 is 0 Å². The van der Waals surface area contributed by atoms with Crippen LogP contribution in [0.5, 0.6) is 0 Å². The number of ether oxygens (including phenoxy) is 2. The van der Waals surface area contributed by atoms with Gasteiger partial charge >= 0.3 is 0 Å². The Hall–Kier alpha value is -0.0500. The summed E-state index contributed by atoms with van der Waals surface area (Å²) in [4.78, 5) is 0. The van der Waals surface area contributed by atoms with Gasteiger partial charge in [-0.1, -0.05) is 34.6 Å². The molecule has 1 saturated carbocycles. The quantitative estimate of drug-likeness (QED) is 0.298. The van der Waals surface area contributed by atoms with Crippen molar-refractivity contribution in [3.8, 4) is 12.3 Å². The molecule has 0 heterocycles. The van der Waals surface area contributed by atoms with Crippen LogP contribution in [-0.2, 0) is 9.47 Å². The van der Waals surface area contributed by atoms with Crippen LogP contribution in [0, 0.1) is 17.8 Å². The fraction of sp³-hybridized carbons (Fsp3) is 0.733. The molecule has 0 bridgehead atoms. The number of alkyl halides is 1. The molecule has 0 N–H and O–H groups in total. The summed E-state index contributed by atoms with van der Waals surface area (Å²) >= 11 is 2.39. The van der Waals surface area contributed by atoms with Crippen LogP contribution < -0.4 is 0 Å². The van der Waals surface area contributed by atoms with Crippen LogP contribution in [0.1, 0.15) is 32.1 Å². The average molecular weight is 362 g/mol. The highest BCUT2D eigenvalue weighted by Crippen LogP contribution is 2.54. The van der Waals surface area contributed by atoms with E-state index in [0.717, 1.165) is 36.5 Å². The van der Waals surface area contributed by atoms with Gasteiger partial charge in [-0.2, -0.15) is 0 Å². The number of terminal acetylenes is 1. The number of methoxy groups -OCH3 is 2. The van der Waals surface area contributed by atoms with Crippen molar-refractivity contribution < 1.29 is 9.47 Å². The fourth-order valence-electron chi connectivity index (χ4n) is 3.36. The van der Waals surface area contributed by atoms with E-state index in [1.165, 1.54) is 0 Å². The third-order valence-electron chi connectivity index (χ3n) is 4.28. The summed E-state index contributed by atoms with van der Waals surface area (Å²) in [6, 6.07) is 0. The molecule has 1 rings (SSSR count). The lowest BCUT2D eigenvalue weighted by Crippen LogP contribution is -2.50. The van der Waals surface area contributed by atoms with Crippen molar-refractivity contribution in [3.63, 3.8) is 0 Å². The molecule has 3 heteroatoms. The molecule has 0 amide bonds. The van der Waals surface area contributed by atoms with Crippen LogP contribution in [0.2, 0.25) is 0 Å². The van der Waals surface area contributed by atoms with Crippen LogP contribution in [0.25, 0.3) is 0 Å². The predicted octanol–water partition coefficient (Wildman–Crippen LogP) is 3.59. The molecule has 1 fully saturated rings. The zero-order valence-electron chi connectivity index (χ0n) is 11.4. The highest BCUT2D eigenvalue weighted by atomic mass is 127. The molecule has 102 valence electrons. The van der Waals surface area contributed by atoms with Gasteiger partial charge in [0.2, 0.25) is 0 Å². The van der Waals surface area contributed by atoms with E-state index in [2.05, 4.69) is 35.1 Å². The Bertz CT molecular complexity index is 323. The molecule has 18 heavy (non-hydrogen) atoms. The van der Waals surface area contributed by atoms with Gasteiger partial charge in [0.15, 0.2) is 0 Å². The molecule has 0 aromatic rings. The van der Waals surface area contributed by atoms with Gasteiger partial charge in [-0.25, -0.2) is 0 Å². The smallest absolute Gasteiger partial charge is 0.0903 e. The Kier molecular flexibility index (Phi) is 6.16. The topological polar surface area (TPSA) is 18.5 Å². The summed E-state index contributed by atoms with van der Waals surface area (Å²) in [6.45, 7) is 3.86. The van der Waals surface area contributed by atoms with E-state index in [1.54, 1.807) is 14.2 Å². The van der Waals surface area contributed by atoms with Crippen molar-refractivity contribution in [2.75, 3.05) is 18.6 Å². The second-order valence-corrected chi connectivity index (χ2v) is 5.94. The summed E-state index contributed by atoms with van der Waals surface area (Å²) in [7, 11) is 3.51. The van der Waals surface area contributed by atoms with Crippen molar-refractivity contribution in [2.45, 2.75) is 43.8 Å². The number of hydrogen-bond donors (Lipinski definition) is 0. The zero-order chi connectivity index (χ0) is 13.6. The number of rotatable bonds is 7. The summed E-state index contributed by atoms with van der Waals surface area (Å²) in [5.74, 6) is 3.04. The van der Waals surface area contributed by atoms with Gasteiger partial charge in [-0.05, 0) is 36.5 Å². The van der Waals surface area contributed by atoms with Crippen LogP contribution >= 0.6 is 22.6 Å². The monoisotopic (exact) mass is 362 g/mol. The van der Waals surface area contributed by atoms with Crippen LogP contribution in [0.15, 0.2) is 12.7 Å². The summed E-state index contributed by atoms with van der Waals surface area (Å²) in [6.07, 6.45) is 12.6. The van der Waals surface area contributed by atoms with Gasteiger partial charge in [0.05, 0.1) is 17.1 Å². The van der Waals surface area contributed by atoms with E-state index >= 15 is 0 Å². The highest BCUT2D eigenvalue weighted by Gasteiger charge is 2.59. The first-order valence-corrected chi connectivity index (χ1v) is 7.91. The van der Waals surface area contributed by atoms with Crippen molar-refractivity contribution >= 4 is 22.6 Å². The minimum absolute atomic E-state index is 0.0883. The Morgan fingerprint density at radius 1 is 1.56 bits per heavy atom. The molecule has 0 radical (unpaired) electrons. The largest absolute Gasteiger partial charge is 0.380 e. The fourth-order valence-corrected chi connectivity index (χ4v) is 3.74. The Morgan fingerprint density at radius 2 is 2.28 bits per heavy atom. The Morgan fingerprint density at radius 3 is 2.72 bits per heavy atom. The molecule has 0 aromatic carbocycles. The predicted molar refractivity (Wildman–Crippen MR) is 84.0 cm³/mol. The molecule has 0 aliphatic heterocycles. The highest BCUT2D eigenvalue weighted by molar-refractivity contribution is 14.1. The molecule has 0 aromatic heterocycles. The molecular weight excluding hydrogens is 339 g/mol. The van der Waals surface area contributed by atoms with E-state index in [1.807, 2.05) is 6.08 Å². The maximum absolute atomic E-state index is 5.91. The minimum Gasteiger partial charge on any atom is -0.380 e. The van der Waals surface area contributed by atoms with Gasteiger partial charge in [-0.15, -0.1) is 13.0 Å². The van der Waals surface area contributed by atoms with Crippen molar-refractivity contribution in [2.24, 2.45) is 5.41 Å². The molecule has 1 aliphatic rings. The SMILES string of the molecule is C#C[C@@]1(CCCI)[C@H](OC)CC[C@]1(CC=C)OC. The van der Waals surface area contributed by atoms with Gasteiger partial charge in [0.25, 0.3) is 0 Å². The van der Waals surface area contributed by atoms with Crippen molar-refractivity contribution in [1.82, 2.24) is 0 Å². The molecule has 2 nitrogen and oxygen atoms in total. The summed E-state index contributed by atoms with van der Waals surface area (Å²) < 4.78 is 12.6. The molecular formula is C15H23IO2. The zero-order valence-corrected chi connectivity index (χ0v) is 13.5. The van der Waals surface area contributed by atoms with E-state index in [0.29, 0.717) is 0 Å². The summed E-state index contributed by atoms with van der Waals surface area (Å²) in [5, 5.41) is 0. The van der Waals surface area contributed by atoms with Crippen LogP contribution in [0.3, 0.4) is 0 Å². The second-order valence-electron chi connectivity index (χ2n) is 4.86. The van der Waals surface area contributed by atoms with Crippen molar-refractivity contribution in [3.05, 3.63) is 12.7 Å². The first kappa shape index (κ1) is 16.0. The van der Waals surface area contributed by atoms with Crippen LogP contribution in [0.4, 0.5) is 0 Å². The van der Waals surface area contributed by atoms with E-state index in [4.69, 9.17) is 15.9 Å². The standard InChI is InChI=1S/C15H23IO2/c1-5-9-15(18-4)11-8-13(17-3)14(15,6-2)10-7-12-16/h2,5,13H,1,7-12H2,3-4H3/t13-,14-,15+/m1/s1. The maximum atomic E-state index is 5.91. The Balaban J connectivity index is 3.15. The van der Waals surface area contributed by atoms with E-state index in [-0.39, 0.29) is 17.1 Å². The molecule has 0 spiro atoms. The molecule has 0 unspecified atom stereocenters. The number of halogens is 1. The molecule has 1 aliphatic carbocycles. The third-order valence-corrected chi connectivity index (χ3v) is 5.05. The lowest BCUT2D eigenvalue weighted by Gasteiger charge is -2.43. The lowest BCUT2D eigenvalue weighted by molar-refractivity contribution is -0.105. The normalized spacial score (nSPS) is 35.3. The van der Waals surface area contributed by atoms with Crippen LogP contribution in [-0.4, -0.2) is 30.4 Å². The number of hydrogen-bond acceptors (Lipinski definition) is 2. The molecule has 0 saturated heterocycles. The van der Waals surface area contributed by atoms with Gasteiger partial charge < -0.3 is 9.47 Å². The first-order chi connectivity index (χ1) is 8.66. The third kappa shape index (κ3) is 2.48. The minimum atomic E-state index is -0.324.